The second kappa shape index (κ2) is 11.9. The van der Waals surface area contributed by atoms with Gasteiger partial charge in [0.15, 0.2) is 0 Å². The lowest BCUT2D eigenvalue weighted by molar-refractivity contribution is 0.667. The number of aromatic nitrogens is 3. The second-order valence-corrected chi connectivity index (χ2v) is 18.3. The van der Waals surface area contributed by atoms with Gasteiger partial charge in [0.25, 0.3) is 0 Å². The van der Waals surface area contributed by atoms with E-state index in [2.05, 4.69) is 216 Å². The zero-order chi connectivity index (χ0) is 40.1. The molecule has 3 nitrogen and oxygen atoms in total. The molecule has 0 radical (unpaired) electrons. The monoisotopic (exact) mass is 795 g/mol. The van der Waals surface area contributed by atoms with Crippen molar-refractivity contribution >= 4 is 96.9 Å². The van der Waals surface area contributed by atoms with Gasteiger partial charge < -0.3 is 13.7 Å². The molecule has 0 N–H and O–H groups in total. The summed E-state index contributed by atoms with van der Waals surface area (Å²) in [6.45, 7) is 4.87. The first-order chi connectivity index (χ1) is 30.1. The number of fused-ring (bicyclic) bond motifs is 18. The molecule has 0 bridgehead atoms. The van der Waals surface area contributed by atoms with Gasteiger partial charge in [-0.25, -0.2) is 0 Å². The third kappa shape index (κ3) is 4.27. The number of nitrogens with zero attached hydrogens (tertiary/aromatic N) is 3. The molecule has 0 fully saturated rings. The van der Waals surface area contributed by atoms with Crippen molar-refractivity contribution in [1.82, 2.24) is 13.7 Å². The van der Waals surface area contributed by atoms with E-state index >= 15 is 0 Å². The van der Waals surface area contributed by atoms with Gasteiger partial charge in [-0.2, -0.15) is 0 Å². The molecule has 14 rings (SSSR count). The summed E-state index contributed by atoms with van der Waals surface area (Å²) in [6.07, 6.45) is 0. The van der Waals surface area contributed by atoms with Crippen molar-refractivity contribution in [2.24, 2.45) is 0 Å². The van der Waals surface area contributed by atoms with Crippen molar-refractivity contribution in [1.29, 1.82) is 0 Å². The topological polar surface area (TPSA) is 14.8 Å². The molecule has 0 aliphatic heterocycles. The molecule has 4 heteroatoms. The van der Waals surface area contributed by atoms with Crippen molar-refractivity contribution in [3.05, 3.63) is 199 Å². The minimum Gasteiger partial charge on any atom is -0.309 e. The van der Waals surface area contributed by atoms with Gasteiger partial charge in [-0.3, -0.25) is 0 Å². The van der Waals surface area contributed by atoms with Crippen LogP contribution in [0.3, 0.4) is 0 Å². The van der Waals surface area contributed by atoms with Crippen LogP contribution in [0.1, 0.15) is 25.0 Å². The average molecular weight is 796 g/mol. The summed E-state index contributed by atoms with van der Waals surface area (Å²) in [5.74, 6) is 0. The first-order valence-corrected chi connectivity index (χ1v) is 22.0. The summed E-state index contributed by atoms with van der Waals surface area (Å²) in [4.78, 5) is 0. The molecule has 0 saturated heterocycles. The lowest BCUT2D eigenvalue weighted by Crippen LogP contribution is -2.15. The molecule has 9 aromatic carbocycles. The zero-order valence-corrected chi connectivity index (χ0v) is 34.5. The largest absolute Gasteiger partial charge is 0.309 e. The molecule has 4 heterocycles. The van der Waals surface area contributed by atoms with Crippen LogP contribution >= 0.6 is 11.3 Å². The predicted molar refractivity (Wildman–Crippen MR) is 260 cm³/mol. The van der Waals surface area contributed by atoms with Gasteiger partial charge in [0, 0.05) is 80.5 Å². The quantitative estimate of drug-likeness (QED) is 0.169. The second-order valence-electron chi connectivity index (χ2n) is 17.2. The fraction of sp³-hybridized carbons (Fsp3) is 0.0526. The lowest BCUT2D eigenvalue weighted by atomic mass is 9.80. The fourth-order valence-electron chi connectivity index (χ4n) is 11.3. The summed E-state index contributed by atoms with van der Waals surface area (Å²) in [7, 11) is 0. The third-order valence-corrected chi connectivity index (χ3v) is 14.9. The Balaban J connectivity index is 1.14. The van der Waals surface area contributed by atoms with Crippen LogP contribution < -0.4 is 0 Å². The highest BCUT2D eigenvalue weighted by molar-refractivity contribution is 7.25. The molecule has 0 unspecified atom stereocenters. The van der Waals surface area contributed by atoms with Gasteiger partial charge in [-0.15, -0.1) is 11.3 Å². The van der Waals surface area contributed by atoms with Crippen molar-refractivity contribution in [3.63, 3.8) is 0 Å². The van der Waals surface area contributed by atoms with Crippen LogP contribution in [0.2, 0.25) is 0 Å². The first kappa shape index (κ1) is 33.4. The molecule has 1 aliphatic rings. The normalized spacial score (nSPS) is 13.5. The van der Waals surface area contributed by atoms with Gasteiger partial charge in [0.1, 0.15) is 0 Å². The predicted octanol–water partition coefficient (Wildman–Crippen LogP) is 15.7. The van der Waals surface area contributed by atoms with E-state index in [4.69, 9.17) is 0 Å². The number of hydrogen-bond acceptors (Lipinski definition) is 1. The van der Waals surface area contributed by atoms with E-state index in [9.17, 15) is 0 Å². The van der Waals surface area contributed by atoms with Crippen LogP contribution in [0.25, 0.3) is 114 Å². The number of benzene rings is 9. The molecule has 61 heavy (non-hydrogen) atoms. The first-order valence-electron chi connectivity index (χ1n) is 21.2. The summed E-state index contributed by atoms with van der Waals surface area (Å²) in [5, 5.41) is 10.3. The molecular formula is C57H37N3S. The molecule has 0 spiro atoms. The molecule has 0 saturated carbocycles. The van der Waals surface area contributed by atoms with Crippen LogP contribution in [0.5, 0.6) is 0 Å². The third-order valence-electron chi connectivity index (χ3n) is 13.8. The van der Waals surface area contributed by atoms with Gasteiger partial charge in [0.2, 0.25) is 0 Å². The highest BCUT2D eigenvalue weighted by Gasteiger charge is 2.41. The van der Waals surface area contributed by atoms with E-state index < -0.39 is 0 Å². The number of para-hydroxylation sites is 4. The molecule has 0 atom stereocenters. The van der Waals surface area contributed by atoms with E-state index in [0.29, 0.717) is 0 Å². The highest BCUT2D eigenvalue weighted by Crippen LogP contribution is 2.58. The Morgan fingerprint density at radius 1 is 0.377 bits per heavy atom. The van der Waals surface area contributed by atoms with E-state index in [-0.39, 0.29) is 5.41 Å². The number of rotatable bonds is 3. The summed E-state index contributed by atoms with van der Waals surface area (Å²) < 4.78 is 10.2. The van der Waals surface area contributed by atoms with Crippen LogP contribution in [0, 0.1) is 0 Å². The van der Waals surface area contributed by atoms with Gasteiger partial charge >= 0.3 is 0 Å². The molecule has 4 aromatic heterocycles. The van der Waals surface area contributed by atoms with Crippen LogP contribution in [-0.4, -0.2) is 13.7 Å². The van der Waals surface area contributed by atoms with E-state index in [1.807, 2.05) is 11.3 Å². The molecular weight excluding hydrogens is 759 g/mol. The lowest BCUT2D eigenvalue weighted by Gasteiger charge is -2.23. The Labute approximate surface area is 355 Å². The van der Waals surface area contributed by atoms with E-state index in [0.717, 1.165) is 11.4 Å². The average Bonchev–Trinajstić information content (AvgIpc) is 4.09. The standard InChI is InChI=1S/C57H37N3S/c1-57(2)44-21-9-3-18-40(44)51-54(57)52-41-19-6-12-24-47(41)60(36-31-32-50-43(33-36)39-17-8-14-26-49(39)61-50)56(52)53-42-20-7-13-25-48(42)59(55(51)53)35-29-27-34(28-30-35)58-45-22-10-4-15-37(45)38-16-5-11-23-46(38)58/h3-33H,1-2H3. The zero-order valence-electron chi connectivity index (χ0n) is 33.6. The molecule has 1 aliphatic carbocycles. The smallest absolute Gasteiger partial charge is 0.0644 e. The molecule has 0 amide bonds. The maximum Gasteiger partial charge on any atom is 0.0644 e. The van der Waals surface area contributed by atoms with Crippen LogP contribution in [0.15, 0.2) is 188 Å². The summed E-state index contributed by atoms with van der Waals surface area (Å²) >= 11 is 1.88. The molecule has 13 aromatic rings. The Morgan fingerprint density at radius 3 is 1.52 bits per heavy atom. The van der Waals surface area contributed by atoms with Crippen molar-refractivity contribution in [2.45, 2.75) is 19.3 Å². The Hall–Kier alpha value is -7.40. The van der Waals surface area contributed by atoms with Gasteiger partial charge in [-0.05, 0) is 89.5 Å². The van der Waals surface area contributed by atoms with Crippen molar-refractivity contribution in [2.75, 3.05) is 0 Å². The number of thiophene rings is 1. The van der Waals surface area contributed by atoms with E-state index in [1.54, 1.807) is 0 Å². The van der Waals surface area contributed by atoms with Gasteiger partial charge in [0.05, 0.1) is 33.1 Å². The highest BCUT2D eigenvalue weighted by atomic mass is 32.1. The Kier molecular flexibility index (Phi) is 6.51. The minimum atomic E-state index is -0.248. The SMILES string of the molecule is CC1(C)c2ccccc2-c2c1c1c3ccccc3n(-c3ccc4sc5ccccc5c4c3)c1c1c3ccccc3n(-c3ccc(-n4c5ccccc5c5ccccc54)cc3)c21. The molecule has 286 valence electrons. The summed E-state index contributed by atoms with van der Waals surface area (Å²) in [6, 6.07) is 70.1. The maximum atomic E-state index is 2.58. The van der Waals surface area contributed by atoms with E-state index in [1.165, 1.54) is 114 Å². The fourth-order valence-corrected chi connectivity index (χ4v) is 12.4. The maximum absolute atomic E-state index is 2.58. The van der Waals surface area contributed by atoms with Crippen LogP contribution in [0.4, 0.5) is 0 Å². The Morgan fingerprint density at radius 2 is 0.852 bits per heavy atom. The van der Waals surface area contributed by atoms with Crippen LogP contribution in [-0.2, 0) is 5.41 Å². The van der Waals surface area contributed by atoms with Crippen molar-refractivity contribution < 1.29 is 0 Å². The summed E-state index contributed by atoms with van der Waals surface area (Å²) in [5.41, 5.74) is 16.1. The Bertz CT molecular complexity index is 3960. The van der Waals surface area contributed by atoms with Gasteiger partial charge in [-0.1, -0.05) is 129 Å². The minimum absolute atomic E-state index is 0.248. The van der Waals surface area contributed by atoms with Crippen molar-refractivity contribution in [3.8, 4) is 28.2 Å². The number of hydrogen-bond donors (Lipinski definition) is 0.